The largest absolute Gasteiger partial charge is 0.469 e. The Morgan fingerprint density at radius 1 is 1.14 bits per heavy atom. The summed E-state index contributed by atoms with van der Waals surface area (Å²) < 4.78 is 4.51. The summed E-state index contributed by atoms with van der Waals surface area (Å²) in [7, 11) is 1.51. The summed E-state index contributed by atoms with van der Waals surface area (Å²) >= 11 is 3.48. The molecular weight excluding hydrogens is 416 g/mol. The van der Waals surface area contributed by atoms with E-state index in [1.54, 1.807) is 0 Å². The molecule has 4 rings (SSSR count). The van der Waals surface area contributed by atoms with Crippen molar-refractivity contribution in [3.05, 3.63) is 35.4 Å². The lowest BCUT2D eigenvalue weighted by atomic mass is 9.57. The van der Waals surface area contributed by atoms with Crippen molar-refractivity contribution in [2.24, 2.45) is 17.3 Å². The van der Waals surface area contributed by atoms with E-state index in [1.807, 2.05) is 26.0 Å². The van der Waals surface area contributed by atoms with Crippen LogP contribution in [0.25, 0.3) is 0 Å². The van der Waals surface area contributed by atoms with Crippen LogP contribution in [0.4, 0.5) is 0 Å². The van der Waals surface area contributed by atoms with Crippen molar-refractivity contribution in [3.8, 4) is 0 Å². The highest BCUT2D eigenvalue weighted by atomic mass is 79.9. The van der Waals surface area contributed by atoms with Gasteiger partial charge in [0, 0.05) is 5.56 Å². The monoisotopic (exact) mass is 446 g/mol. The van der Waals surface area contributed by atoms with Crippen LogP contribution in [0, 0.1) is 17.3 Å². The topological polar surface area (TPSA) is 43.4 Å². The van der Waals surface area contributed by atoms with E-state index in [2.05, 4.69) is 28.1 Å². The number of hydrogen-bond acceptors (Lipinski definition) is 3. The molecule has 4 atom stereocenters. The smallest absolute Gasteiger partial charge is 0.306 e. The van der Waals surface area contributed by atoms with E-state index < -0.39 is 4.32 Å². The molecule has 0 aliphatic heterocycles. The lowest BCUT2D eigenvalue weighted by Gasteiger charge is -2.46. The van der Waals surface area contributed by atoms with Crippen LogP contribution in [0.3, 0.4) is 0 Å². The Labute approximate surface area is 176 Å². The molecule has 1 aromatic carbocycles. The summed E-state index contributed by atoms with van der Waals surface area (Å²) in [5, 5.41) is 0. The first-order chi connectivity index (χ1) is 13.2. The van der Waals surface area contributed by atoms with Crippen molar-refractivity contribution in [1.82, 2.24) is 0 Å². The van der Waals surface area contributed by atoms with Crippen LogP contribution in [0.15, 0.2) is 24.3 Å². The molecule has 0 heterocycles. The van der Waals surface area contributed by atoms with Gasteiger partial charge < -0.3 is 4.74 Å². The summed E-state index contributed by atoms with van der Waals surface area (Å²) in [6.07, 6.45) is 9.00. The van der Waals surface area contributed by atoms with Gasteiger partial charge in [0.05, 0.1) is 17.9 Å². The number of rotatable bonds is 5. The first kappa shape index (κ1) is 20.1. The fourth-order valence-electron chi connectivity index (χ4n) is 6.70. The van der Waals surface area contributed by atoms with E-state index >= 15 is 0 Å². The van der Waals surface area contributed by atoms with E-state index in [4.69, 9.17) is 4.74 Å². The predicted molar refractivity (Wildman–Crippen MR) is 114 cm³/mol. The van der Waals surface area contributed by atoms with Crippen LogP contribution in [-0.2, 0) is 14.9 Å². The molecule has 3 fully saturated rings. The first-order valence-corrected chi connectivity index (χ1v) is 11.4. The van der Waals surface area contributed by atoms with E-state index in [9.17, 15) is 9.59 Å². The zero-order valence-corrected chi connectivity index (χ0v) is 18.8. The Balaban J connectivity index is 1.66. The van der Waals surface area contributed by atoms with Crippen LogP contribution in [0.2, 0.25) is 0 Å². The number of methoxy groups -OCH3 is 1. The lowest BCUT2D eigenvalue weighted by molar-refractivity contribution is -0.144. The molecule has 28 heavy (non-hydrogen) atoms. The molecule has 0 saturated heterocycles. The van der Waals surface area contributed by atoms with Gasteiger partial charge in [0.2, 0.25) is 0 Å². The van der Waals surface area contributed by atoms with Gasteiger partial charge in [0.15, 0.2) is 5.78 Å². The number of ether oxygens (including phenoxy) is 1. The molecule has 3 aliphatic rings. The Kier molecular flexibility index (Phi) is 5.01. The average molecular weight is 447 g/mol. The third-order valence-electron chi connectivity index (χ3n) is 7.70. The highest BCUT2D eigenvalue weighted by Gasteiger charge is 2.57. The summed E-state index contributed by atoms with van der Waals surface area (Å²) in [5.74, 6) is 1.55. The molecule has 0 spiro atoms. The maximum atomic E-state index is 12.6. The van der Waals surface area contributed by atoms with Gasteiger partial charge in [-0.3, -0.25) is 9.59 Å². The number of alkyl halides is 1. The Morgan fingerprint density at radius 3 is 2.46 bits per heavy atom. The Morgan fingerprint density at radius 2 is 1.82 bits per heavy atom. The maximum Gasteiger partial charge on any atom is 0.306 e. The van der Waals surface area contributed by atoms with Crippen molar-refractivity contribution in [1.29, 1.82) is 0 Å². The number of fused-ring (bicyclic) bond motifs is 2. The average Bonchev–Trinajstić information content (AvgIpc) is 2.81. The second kappa shape index (κ2) is 6.97. The first-order valence-electron chi connectivity index (χ1n) is 10.6. The molecule has 3 nitrogen and oxygen atoms in total. The highest BCUT2D eigenvalue weighted by molar-refractivity contribution is 9.10. The minimum atomic E-state index is -0.545. The quantitative estimate of drug-likeness (QED) is 0.324. The predicted octanol–water partition coefficient (Wildman–Crippen LogP) is 5.83. The molecule has 0 radical (unpaired) electrons. The summed E-state index contributed by atoms with van der Waals surface area (Å²) in [6, 6.07) is 8.37. The van der Waals surface area contributed by atoms with Gasteiger partial charge in [-0.05, 0) is 74.2 Å². The number of halogens is 1. The van der Waals surface area contributed by atoms with Gasteiger partial charge in [-0.25, -0.2) is 0 Å². The number of benzene rings is 1. The number of esters is 1. The van der Waals surface area contributed by atoms with Gasteiger partial charge in [0.25, 0.3) is 0 Å². The zero-order chi connectivity index (χ0) is 20.2. The van der Waals surface area contributed by atoms with Crippen LogP contribution >= 0.6 is 15.9 Å². The van der Waals surface area contributed by atoms with E-state index in [0.717, 1.165) is 23.8 Å². The minimum Gasteiger partial charge on any atom is -0.469 e. The van der Waals surface area contributed by atoms with E-state index in [-0.39, 0.29) is 22.6 Å². The number of Topliss-reactive ketones (excluding diaryl/α,β-unsaturated/α-hetero) is 1. The standard InChI is InChI=1S/C24H31BrO3/c1-22(2,25)21(27)16-6-8-19(9-7-16)24-10-4-5-17-11-23(15-24,12-18(17)13-24)14-20(26)28-3/h6-9,17-18H,4-5,10-15H2,1-3H3. The van der Waals surface area contributed by atoms with E-state index in [1.165, 1.54) is 51.2 Å². The highest BCUT2D eigenvalue weighted by Crippen LogP contribution is 2.66. The summed E-state index contributed by atoms with van der Waals surface area (Å²) in [5.41, 5.74) is 2.37. The normalized spacial score (nSPS) is 34.1. The van der Waals surface area contributed by atoms with Crippen LogP contribution < -0.4 is 0 Å². The van der Waals surface area contributed by atoms with Crippen molar-refractivity contribution < 1.29 is 14.3 Å². The van der Waals surface area contributed by atoms with Crippen LogP contribution in [-0.4, -0.2) is 23.2 Å². The molecule has 0 amide bonds. The molecular formula is C24H31BrO3. The minimum absolute atomic E-state index is 0.0590. The number of hydrogen-bond donors (Lipinski definition) is 0. The van der Waals surface area contributed by atoms with Crippen molar-refractivity contribution in [2.75, 3.05) is 7.11 Å². The Hall–Kier alpha value is -1.16. The second-order valence-electron chi connectivity index (χ2n) is 10.1. The van der Waals surface area contributed by atoms with Crippen molar-refractivity contribution in [2.45, 2.75) is 75.0 Å². The fraction of sp³-hybridized carbons (Fsp3) is 0.667. The molecule has 0 N–H and O–H groups in total. The van der Waals surface area contributed by atoms with Crippen LogP contribution in [0.5, 0.6) is 0 Å². The van der Waals surface area contributed by atoms with Gasteiger partial charge in [-0.1, -0.05) is 53.0 Å². The molecule has 4 heteroatoms. The summed E-state index contributed by atoms with van der Waals surface area (Å²) in [6.45, 7) is 3.78. The molecule has 3 saturated carbocycles. The third-order valence-corrected chi connectivity index (χ3v) is 8.06. The summed E-state index contributed by atoms with van der Waals surface area (Å²) in [4.78, 5) is 24.8. The van der Waals surface area contributed by atoms with E-state index in [0.29, 0.717) is 6.42 Å². The second-order valence-corrected chi connectivity index (χ2v) is 12.1. The SMILES string of the molecule is COC(=O)CC12CC3CCCC(c4ccc(C(=O)C(C)(C)Br)cc4)(CC3C1)C2. The maximum absolute atomic E-state index is 12.6. The number of ketones is 1. The zero-order valence-electron chi connectivity index (χ0n) is 17.2. The fourth-order valence-corrected chi connectivity index (χ4v) is 6.93. The van der Waals surface area contributed by atoms with Gasteiger partial charge >= 0.3 is 5.97 Å². The lowest BCUT2D eigenvalue weighted by Crippen LogP contribution is -2.40. The van der Waals surface area contributed by atoms with Gasteiger partial charge in [-0.2, -0.15) is 0 Å². The van der Waals surface area contributed by atoms with Crippen LogP contribution in [0.1, 0.15) is 81.1 Å². The number of carbonyl (C=O) groups is 2. The van der Waals surface area contributed by atoms with Crippen molar-refractivity contribution in [3.63, 3.8) is 0 Å². The molecule has 1 aromatic rings. The molecule has 4 unspecified atom stereocenters. The van der Waals surface area contributed by atoms with Gasteiger partial charge in [0.1, 0.15) is 0 Å². The molecule has 3 aliphatic carbocycles. The molecule has 0 aromatic heterocycles. The number of carbonyl (C=O) groups excluding carboxylic acids is 2. The van der Waals surface area contributed by atoms with Gasteiger partial charge in [-0.15, -0.1) is 0 Å². The molecule has 3 bridgehead atoms. The Bertz CT molecular complexity index is 778. The molecule has 152 valence electrons. The third kappa shape index (κ3) is 3.46. The van der Waals surface area contributed by atoms with Crippen molar-refractivity contribution >= 4 is 27.7 Å².